The number of likely N-dealkylation sites (N-methyl/N-ethyl adjacent to an activating group) is 1. The highest BCUT2D eigenvalue weighted by Crippen LogP contribution is 2.36. The van der Waals surface area contributed by atoms with Gasteiger partial charge in [-0.3, -0.25) is 9.78 Å². The lowest BCUT2D eigenvalue weighted by molar-refractivity contribution is -0.228. The number of nitrogens with one attached hydrogen (secondary N) is 1. The van der Waals surface area contributed by atoms with E-state index in [9.17, 15) is 28.0 Å². The molecule has 1 aliphatic heterocycles. The lowest BCUT2D eigenvalue weighted by atomic mass is 10.0. The lowest BCUT2D eigenvalue weighted by Crippen LogP contribution is -2.41. The number of rotatable bonds is 8. The van der Waals surface area contributed by atoms with Crippen molar-refractivity contribution >= 4 is 23.0 Å². The van der Waals surface area contributed by atoms with Crippen molar-refractivity contribution in [2.45, 2.75) is 25.1 Å². The summed E-state index contributed by atoms with van der Waals surface area (Å²) in [6.45, 7) is 1.02. The molecule has 0 spiro atoms. The van der Waals surface area contributed by atoms with E-state index in [1.807, 2.05) is 6.07 Å². The molecule has 4 aromatic rings. The number of halogens is 3. The van der Waals surface area contributed by atoms with Gasteiger partial charge in [-0.05, 0) is 42.9 Å². The first-order chi connectivity index (χ1) is 21.2. The van der Waals surface area contributed by atoms with Gasteiger partial charge in [-0.15, -0.1) is 0 Å². The molecule has 44 heavy (non-hydrogen) atoms. The summed E-state index contributed by atoms with van der Waals surface area (Å²) in [5.41, 5.74) is 3.41. The average Bonchev–Trinajstić information content (AvgIpc) is 3.48. The number of carbonyl (C=O) groups is 2. The van der Waals surface area contributed by atoms with Crippen LogP contribution >= 0.6 is 0 Å². The van der Waals surface area contributed by atoms with Crippen molar-refractivity contribution < 1.29 is 41.5 Å². The molecule has 0 unspecified atom stereocenters. The van der Waals surface area contributed by atoms with Crippen molar-refractivity contribution in [3.8, 4) is 34.3 Å². The number of amides is 1. The Bertz CT molecular complexity index is 1690. The van der Waals surface area contributed by atoms with Crippen LogP contribution in [0.15, 0.2) is 65.2 Å². The Kier molecular flexibility index (Phi) is 9.12. The lowest BCUT2D eigenvalue weighted by Gasteiger charge is -2.23. The quantitative estimate of drug-likeness (QED) is 0.266. The van der Waals surface area contributed by atoms with Gasteiger partial charge in [-0.1, -0.05) is 18.2 Å². The van der Waals surface area contributed by atoms with Crippen LogP contribution in [-0.4, -0.2) is 67.6 Å². The second-order valence-corrected chi connectivity index (χ2v) is 9.90. The third kappa shape index (κ3) is 6.82. The Hall–Kier alpha value is -4.93. The van der Waals surface area contributed by atoms with Crippen LogP contribution < -0.4 is 10.1 Å². The molecule has 1 fully saturated rings. The van der Waals surface area contributed by atoms with Gasteiger partial charge in [-0.25, -0.2) is 4.79 Å². The number of benzene rings is 2. The highest BCUT2D eigenvalue weighted by molar-refractivity contribution is 5.96. The van der Waals surface area contributed by atoms with Crippen molar-refractivity contribution in [2.24, 2.45) is 0 Å². The first kappa shape index (κ1) is 30.5. The van der Waals surface area contributed by atoms with Gasteiger partial charge in [0.1, 0.15) is 29.2 Å². The molecule has 1 saturated heterocycles. The van der Waals surface area contributed by atoms with E-state index in [1.54, 1.807) is 42.6 Å². The summed E-state index contributed by atoms with van der Waals surface area (Å²) in [6.07, 6.45) is -2.15. The average molecular weight is 609 g/mol. The van der Waals surface area contributed by atoms with Crippen molar-refractivity contribution in [2.75, 3.05) is 33.4 Å². The Morgan fingerprint density at radius 1 is 1.09 bits per heavy atom. The van der Waals surface area contributed by atoms with Gasteiger partial charge in [0.25, 0.3) is 5.91 Å². The zero-order valence-corrected chi connectivity index (χ0v) is 23.5. The number of aromatic nitrogens is 1. The van der Waals surface area contributed by atoms with E-state index in [2.05, 4.69) is 21.2 Å². The summed E-state index contributed by atoms with van der Waals surface area (Å²) in [5, 5.41) is 12.9. The summed E-state index contributed by atoms with van der Waals surface area (Å²) in [7, 11) is 1.54. The second-order valence-electron chi connectivity index (χ2n) is 9.90. The maximum atomic E-state index is 12.9. The van der Waals surface area contributed by atoms with Gasteiger partial charge in [-0.2, -0.15) is 23.5 Å². The first-order valence-corrected chi connectivity index (χ1v) is 13.7. The fourth-order valence-electron chi connectivity index (χ4n) is 4.64. The molecule has 3 heterocycles. The Balaban J connectivity index is 1.38. The molecule has 1 amide bonds. The molecule has 1 aliphatic rings. The number of carbonyl (C=O) groups excluding carboxylic acids is 2. The Morgan fingerprint density at radius 2 is 1.82 bits per heavy atom. The number of nitriles is 1. The summed E-state index contributed by atoms with van der Waals surface area (Å²) >= 11 is 0. The van der Waals surface area contributed by atoms with Gasteiger partial charge in [0, 0.05) is 48.3 Å². The summed E-state index contributed by atoms with van der Waals surface area (Å²) in [4.78, 5) is 32.9. The van der Waals surface area contributed by atoms with E-state index in [0.29, 0.717) is 57.6 Å². The number of furan rings is 1. The predicted molar refractivity (Wildman–Crippen MR) is 151 cm³/mol. The molecule has 0 radical (unpaired) electrons. The van der Waals surface area contributed by atoms with Crippen LogP contribution in [0.1, 0.15) is 28.8 Å². The number of alkyl halides is 3. The van der Waals surface area contributed by atoms with Gasteiger partial charge in [0.15, 0.2) is 5.58 Å². The number of ether oxygens (including phenoxy) is 2. The highest BCUT2D eigenvalue weighted by atomic mass is 19.4. The van der Waals surface area contributed by atoms with Crippen molar-refractivity contribution in [1.29, 1.82) is 5.26 Å². The second kappa shape index (κ2) is 13.2. The van der Waals surface area contributed by atoms with Crippen LogP contribution in [0.3, 0.4) is 0 Å². The molecule has 0 bridgehead atoms. The molecule has 0 saturated carbocycles. The molecule has 1 N–H and O–H groups in total. The van der Waals surface area contributed by atoms with Gasteiger partial charge < -0.3 is 24.0 Å². The van der Waals surface area contributed by atoms with Crippen LogP contribution in [0.25, 0.3) is 33.6 Å². The van der Waals surface area contributed by atoms with Crippen molar-refractivity contribution in [3.63, 3.8) is 0 Å². The SMILES string of the molecule is CNCCN(OC(=O)C(F)(F)F)C(=O)c1ccc(-c2cc3nccc(-c4ccc(OC5CCOCC5)c(C#N)c4)c3o2)cc1. The fraction of sp³-hybridized carbons (Fsp3) is 0.290. The number of hydrogen-bond acceptors (Lipinski definition) is 9. The Labute approximate surface area is 249 Å². The number of pyridine rings is 1. The van der Waals surface area contributed by atoms with Crippen molar-refractivity contribution in [1.82, 2.24) is 15.4 Å². The highest BCUT2D eigenvalue weighted by Gasteiger charge is 2.43. The van der Waals surface area contributed by atoms with Crippen LogP contribution in [-0.2, 0) is 14.4 Å². The van der Waals surface area contributed by atoms with E-state index in [4.69, 9.17) is 13.9 Å². The predicted octanol–water partition coefficient (Wildman–Crippen LogP) is 5.27. The van der Waals surface area contributed by atoms with Crippen LogP contribution in [0.5, 0.6) is 5.75 Å². The normalized spacial score (nSPS) is 13.8. The van der Waals surface area contributed by atoms with E-state index < -0.39 is 18.1 Å². The molecule has 0 aliphatic carbocycles. The van der Waals surface area contributed by atoms with Crippen LogP contribution in [0.4, 0.5) is 13.2 Å². The number of nitrogens with zero attached hydrogens (tertiary/aromatic N) is 3. The smallest absolute Gasteiger partial charge is 0.489 e. The molecular formula is C31H27F3N4O6. The van der Waals surface area contributed by atoms with Crippen LogP contribution in [0, 0.1) is 11.3 Å². The first-order valence-electron chi connectivity index (χ1n) is 13.7. The molecule has 10 nitrogen and oxygen atoms in total. The minimum atomic E-state index is -5.26. The van der Waals surface area contributed by atoms with Gasteiger partial charge in [0.05, 0.1) is 25.3 Å². The minimum absolute atomic E-state index is 0.00171. The largest absolute Gasteiger partial charge is 0.493 e. The molecular weight excluding hydrogens is 581 g/mol. The van der Waals surface area contributed by atoms with Gasteiger partial charge in [0.2, 0.25) is 0 Å². The van der Waals surface area contributed by atoms with Crippen LogP contribution in [0.2, 0.25) is 0 Å². The number of hydrogen-bond donors (Lipinski definition) is 1. The number of hydroxylamine groups is 2. The minimum Gasteiger partial charge on any atom is -0.489 e. The van der Waals surface area contributed by atoms with Crippen molar-refractivity contribution in [3.05, 3.63) is 71.9 Å². The zero-order valence-electron chi connectivity index (χ0n) is 23.5. The van der Waals surface area contributed by atoms with E-state index in [0.717, 1.165) is 18.4 Å². The summed E-state index contributed by atoms with van der Waals surface area (Å²) in [5.74, 6) is -2.49. The molecule has 5 rings (SSSR count). The fourth-order valence-corrected chi connectivity index (χ4v) is 4.64. The number of fused-ring (bicyclic) bond motifs is 1. The van der Waals surface area contributed by atoms with E-state index in [-0.39, 0.29) is 24.8 Å². The molecule has 2 aromatic heterocycles. The molecule has 2 aromatic carbocycles. The maximum absolute atomic E-state index is 12.9. The zero-order chi connectivity index (χ0) is 31.3. The monoisotopic (exact) mass is 608 g/mol. The third-order valence-electron chi connectivity index (χ3n) is 6.92. The Morgan fingerprint density at radius 3 is 2.50 bits per heavy atom. The van der Waals surface area contributed by atoms with E-state index >= 15 is 0 Å². The summed E-state index contributed by atoms with van der Waals surface area (Å²) in [6, 6.07) is 16.9. The van der Waals surface area contributed by atoms with E-state index in [1.165, 1.54) is 19.2 Å². The standard InChI is InChI=1S/C31H27F3N4O6/c1-36-12-13-38(44-30(40)31(32,33)34)29(39)20-4-2-19(3-5-20)27-17-25-28(43-27)24(8-11-37-25)21-6-7-26(22(16-21)18-35)42-23-9-14-41-15-10-23/h2-8,11,16-17,23,36H,9-10,12-15H2,1H3. The van der Waals surface area contributed by atoms with Gasteiger partial charge >= 0.3 is 12.1 Å². The topological polar surface area (TPSA) is 127 Å². The molecule has 0 atom stereocenters. The maximum Gasteiger partial charge on any atom is 0.493 e. The summed E-state index contributed by atoms with van der Waals surface area (Å²) < 4.78 is 55.8. The molecule has 228 valence electrons. The third-order valence-corrected chi connectivity index (χ3v) is 6.92. The molecule has 13 heteroatoms.